The number of sulfonamides is 1. The molecule has 8 heteroatoms. The summed E-state index contributed by atoms with van der Waals surface area (Å²) in [5.41, 5.74) is 1.15. The maximum atomic E-state index is 12.2. The summed E-state index contributed by atoms with van der Waals surface area (Å²) < 4.78 is 36.2. The molecule has 0 bridgehead atoms. The first-order valence-electron chi connectivity index (χ1n) is 8.98. The van der Waals surface area contributed by atoms with Crippen molar-refractivity contribution in [3.8, 4) is 11.5 Å². The van der Waals surface area contributed by atoms with Gasteiger partial charge in [-0.25, -0.2) is 8.42 Å². The number of methoxy groups -OCH3 is 1. The molecule has 0 fully saturated rings. The molecule has 0 spiro atoms. The highest BCUT2D eigenvalue weighted by atomic mass is 32.2. The van der Waals surface area contributed by atoms with Crippen molar-refractivity contribution in [1.29, 1.82) is 0 Å². The molecular weight excluding hydrogens is 380 g/mol. The third-order valence-corrected chi connectivity index (χ3v) is 5.13. The highest BCUT2D eigenvalue weighted by Crippen LogP contribution is 2.23. The lowest BCUT2D eigenvalue weighted by Crippen LogP contribution is -2.31. The monoisotopic (exact) mass is 406 g/mol. The molecule has 0 aliphatic rings. The van der Waals surface area contributed by atoms with Crippen LogP contribution in [0.2, 0.25) is 0 Å². The number of rotatable bonds is 10. The molecule has 0 unspecified atom stereocenters. The van der Waals surface area contributed by atoms with E-state index in [0.717, 1.165) is 6.26 Å². The van der Waals surface area contributed by atoms with Crippen molar-refractivity contribution in [2.45, 2.75) is 19.8 Å². The van der Waals surface area contributed by atoms with Crippen LogP contribution in [0.3, 0.4) is 0 Å². The highest BCUT2D eigenvalue weighted by molar-refractivity contribution is 7.92. The van der Waals surface area contributed by atoms with Crippen molar-refractivity contribution >= 4 is 27.3 Å². The van der Waals surface area contributed by atoms with Crippen LogP contribution < -0.4 is 19.1 Å². The van der Waals surface area contributed by atoms with Crippen molar-refractivity contribution in [2.75, 3.05) is 36.1 Å². The van der Waals surface area contributed by atoms with Crippen LogP contribution in [0, 0.1) is 0 Å². The van der Waals surface area contributed by atoms with Crippen LogP contribution in [0.5, 0.6) is 11.5 Å². The lowest BCUT2D eigenvalue weighted by molar-refractivity contribution is -0.116. The number of amides is 1. The Hall–Kier alpha value is -2.74. The van der Waals surface area contributed by atoms with Crippen LogP contribution in [0.1, 0.15) is 19.8 Å². The zero-order valence-electron chi connectivity index (χ0n) is 16.3. The first kappa shape index (κ1) is 21.6. The van der Waals surface area contributed by atoms with E-state index in [1.165, 1.54) is 11.4 Å². The topological polar surface area (TPSA) is 84.9 Å². The van der Waals surface area contributed by atoms with E-state index in [0.29, 0.717) is 35.9 Å². The predicted octanol–water partition coefficient (Wildman–Crippen LogP) is 3.28. The number of ether oxygens (including phenoxy) is 2. The number of carbonyl (C=O) groups excluding carboxylic acids is 1. The molecule has 1 N–H and O–H groups in total. The summed E-state index contributed by atoms with van der Waals surface area (Å²) in [6, 6.07) is 14.0. The van der Waals surface area contributed by atoms with Gasteiger partial charge in [0.2, 0.25) is 15.9 Å². The molecule has 0 heterocycles. The number of nitrogens with one attached hydrogen (secondary N) is 1. The summed E-state index contributed by atoms with van der Waals surface area (Å²) >= 11 is 0. The van der Waals surface area contributed by atoms with Crippen LogP contribution in [-0.4, -0.2) is 40.8 Å². The molecule has 0 aliphatic carbocycles. The smallest absolute Gasteiger partial charge is 0.232 e. The van der Waals surface area contributed by atoms with E-state index >= 15 is 0 Å². The van der Waals surface area contributed by atoms with Gasteiger partial charge in [-0.3, -0.25) is 9.10 Å². The summed E-state index contributed by atoms with van der Waals surface area (Å²) in [6.45, 7) is 2.63. The first-order chi connectivity index (χ1) is 13.3. The molecule has 0 aromatic heterocycles. The van der Waals surface area contributed by atoms with Crippen molar-refractivity contribution in [3.63, 3.8) is 0 Å². The van der Waals surface area contributed by atoms with Crippen LogP contribution in [-0.2, 0) is 14.8 Å². The fourth-order valence-corrected chi connectivity index (χ4v) is 3.65. The molecule has 2 aromatic carbocycles. The summed E-state index contributed by atoms with van der Waals surface area (Å²) in [6.07, 6.45) is 1.71. The summed E-state index contributed by atoms with van der Waals surface area (Å²) in [5, 5.41) is 2.80. The second-order valence-electron chi connectivity index (χ2n) is 6.15. The van der Waals surface area contributed by atoms with E-state index in [-0.39, 0.29) is 18.9 Å². The van der Waals surface area contributed by atoms with Gasteiger partial charge in [-0.2, -0.15) is 0 Å². The number of carbonyl (C=O) groups is 1. The van der Waals surface area contributed by atoms with Crippen molar-refractivity contribution in [1.82, 2.24) is 0 Å². The molecule has 1 amide bonds. The Bertz CT molecular complexity index is 899. The van der Waals surface area contributed by atoms with E-state index in [2.05, 4.69) is 5.32 Å². The number of hydrogen-bond donors (Lipinski definition) is 1. The van der Waals surface area contributed by atoms with Crippen LogP contribution >= 0.6 is 0 Å². The predicted molar refractivity (Wildman–Crippen MR) is 111 cm³/mol. The number of anilines is 2. The maximum Gasteiger partial charge on any atom is 0.232 e. The summed E-state index contributed by atoms with van der Waals surface area (Å²) in [7, 11) is -1.96. The zero-order valence-corrected chi connectivity index (χ0v) is 17.2. The summed E-state index contributed by atoms with van der Waals surface area (Å²) in [5.74, 6) is 1.06. The fourth-order valence-electron chi connectivity index (χ4n) is 2.69. The van der Waals surface area contributed by atoms with E-state index in [1.807, 2.05) is 13.0 Å². The van der Waals surface area contributed by atoms with Gasteiger partial charge in [0.15, 0.2) is 0 Å². The Morgan fingerprint density at radius 1 is 1.11 bits per heavy atom. The molecule has 0 saturated heterocycles. The molecule has 152 valence electrons. The van der Waals surface area contributed by atoms with Gasteiger partial charge >= 0.3 is 0 Å². The molecule has 0 atom stereocenters. The Kier molecular flexibility index (Phi) is 7.69. The highest BCUT2D eigenvalue weighted by Gasteiger charge is 2.18. The third-order valence-electron chi connectivity index (χ3n) is 3.94. The minimum absolute atomic E-state index is 0.187. The Morgan fingerprint density at radius 2 is 1.82 bits per heavy atom. The van der Waals surface area contributed by atoms with Crippen molar-refractivity contribution < 1.29 is 22.7 Å². The van der Waals surface area contributed by atoms with Gasteiger partial charge in [-0.05, 0) is 37.6 Å². The number of hydrogen-bond acceptors (Lipinski definition) is 5. The largest absolute Gasteiger partial charge is 0.497 e. The van der Waals surface area contributed by atoms with E-state index in [4.69, 9.17) is 9.47 Å². The summed E-state index contributed by atoms with van der Waals surface area (Å²) in [4.78, 5) is 12.2. The van der Waals surface area contributed by atoms with Crippen LogP contribution in [0.15, 0.2) is 48.5 Å². The quantitative estimate of drug-likeness (QED) is 0.655. The molecule has 0 saturated carbocycles. The minimum Gasteiger partial charge on any atom is -0.497 e. The van der Waals surface area contributed by atoms with Gasteiger partial charge in [0.1, 0.15) is 11.5 Å². The average Bonchev–Trinajstić information content (AvgIpc) is 2.65. The van der Waals surface area contributed by atoms with Crippen molar-refractivity contribution in [3.05, 3.63) is 48.5 Å². The van der Waals surface area contributed by atoms with Gasteiger partial charge in [-0.1, -0.05) is 12.1 Å². The van der Waals surface area contributed by atoms with E-state index in [1.54, 1.807) is 42.5 Å². The van der Waals surface area contributed by atoms with Crippen LogP contribution in [0.4, 0.5) is 11.4 Å². The normalized spacial score (nSPS) is 11.0. The number of nitrogens with zero attached hydrogens (tertiary/aromatic N) is 1. The second-order valence-corrected chi connectivity index (χ2v) is 8.06. The van der Waals surface area contributed by atoms with Gasteiger partial charge in [0, 0.05) is 30.8 Å². The molecule has 0 aliphatic heterocycles. The van der Waals surface area contributed by atoms with Crippen molar-refractivity contribution in [2.24, 2.45) is 0 Å². The van der Waals surface area contributed by atoms with E-state index in [9.17, 15) is 13.2 Å². The third kappa shape index (κ3) is 6.45. The molecule has 2 aromatic rings. The average molecular weight is 407 g/mol. The lowest BCUT2D eigenvalue weighted by Gasteiger charge is -2.22. The Labute approximate surface area is 166 Å². The van der Waals surface area contributed by atoms with Crippen LogP contribution in [0.25, 0.3) is 0 Å². The Balaban J connectivity index is 1.96. The van der Waals surface area contributed by atoms with Gasteiger partial charge < -0.3 is 14.8 Å². The second kappa shape index (κ2) is 9.98. The van der Waals surface area contributed by atoms with Gasteiger partial charge in [0.25, 0.3) is 0 Å². The van der Waals surface area contributed by atoms with E-state index < -0.39 is 10.0 Å². The Morgan fingerprint density at radius 3 is 2.50 bits per heavy atom. The lowest BCUT2D eigenvalue weighted by atomic mass is 10.2. The van der Waals surface area contributed by atoms with Gasteiger partial charge in [0.05, 0.1) is 25.7 Å². The fraction of sp³-hybridized carbons (Fsp3) is 0.350. The molecule has 0 radical (unpaired) electrons. The maximum absolute atomic E-state index is 12.2. The SMILES string of the molecule is CCOc1cccc(NC(=O)CCCN(c2cccc(OC)c2)S(C)(=O)=O)c1. The first-order valence-corrected chi connectivity index (χ1v) is 10.8. The standard InChI is InChI=1S/C20H26N2O5S/c1-4-27-19-11-5-8-16(14-19)21-20(23)12-7-13-22(28(3,24)25)17-9-6-10-18(15-17)26-2/h5-6,8-11,14-15H,4,7,12-13H2,1-3H3,(H,21,23). The van der Waals surface area contributed by atoms with Gasteiger partial charge in [-0.15, -0.1) is 0 Å². The molecule has 2 rings (SSSR count). The molecule has 7 nitrogen and oxygen atoms in total. The minimum atomic E-state index is -3.48. The molecular formula is C20H26N2O5S. The number of benzene rings is 2. The molecule has 28 heavy (non-hydrogen) atoms. The zero-order chi connectivity index (χ0) is 20.6.